The molecular weight excluding hydrogens is 532 g/mol. The van der Waals surface area contributed by atoms with Crippen LogP contribution < -0.4 is 0 Å². The second-order valence-electron chi connectivity index (χ2n) is 11.0. The van der Waals surface area contributed by atoms with Gasteiger partial charge in [0.15, 0.2) is 5.58 Å². The number of nitrogens with zero attached hydrogens (tertiary/aromatic N) is 2. The smallest absolute Gasteiger partial charge is 0.154 e. The number of hydrogen-bond acceptors (Lipinski definition) is 2. The zero-order valence-electron chi connectivity index (χ0n) is 22.4. The molecule has 0 bridgehead atoms. The van der Waals surface area contributed by atoms with Crippen molar-refractivity contribution >= 4 is 86.3 Å². The van der Waals surface area contributed by atoms with E-state index in [2.05, 4.69) is 143 Å². The summed E-state index contributed by atoms with van der Waals surface area (Å²) in [5.74, 6) is 0. The van der Waals surface area contributed by atoms with Crippen molar-refractivity contribution < 1.29 is 4.42 Å². The Balaban J connectivity index is 1.17. The number of para-hydroxylation sites is 4. The molecule has 0 amide bonds. The average molecular weight is 555 g/mol. The molecule has 0 N–H and O–H groups in total. The molecule has 0 saturated carbocycles. The van der Waals surface area contributed by atoms with Gasteiger partial charge in [-0.25, -0.2) is 0 Å². The molecule has 42 heavy (non-hydrogen) atoms. The van der Waals surface area contributed by atoms with Crippen molar-refractivity contribution in [3.05, 3.63) is 133 Å². The fourth-order valence-corrected chi connectivity index (χ4v) is 8.11. The fourth-order valence-electron chi connectivity index (χ4n) is 6.91. The third kappa shape index (κ3) is 2.89. The number of benzene rings is 6. The van der Waals surface area contributed by atoms with E-state index in [1.165, 1.54) is 58.7 Å². The van der Waals surface area contributed by atoms with Crippen LogP contribution in [0.1, 0.15) is 0 Å². The Morgan fingerprint density at radius 1 is 0.429 bits per heavy atom. The molecule has 10 aromatic rings. The zero-order chi connectivity index (χ0) is 27.4. The molecule has 10 rings (SSSR count). The minimum absolute atomic E-state index is 0.920. The minimum Gasteiger partial charge on any atom is -0.454 e. The maximum absolute atomic E-state index is 6.63. The standard InChI is InChI=1S/C38H22N2OS/c1-5-13-31-25(9-1)26-10-2-6-14-32(26)39(31)23-17-19-29-35(21-23)41-37-30-20-18-24(22-36(30)42-38(29)37)40-33-15-7-3-11-27(33)28-12-4-8-16-34(28)40/h1-22H. The molecule has 0 saturated heterocycles. The van der Waals surface area contributed by atoms with Crippen molar-refractivity contribution in [2.75, 3.05) is 0 Å². The summed E-state index contributed by atoms with van der Waals surface area (Å²) in [6.07, 6.45) is 0. The molecular formula is C38H22N2OS. The van der Waals surface area contributed by atoms with E-state index in [1.54, 1.807) is 0 Å². The SMILES string of the molecule is c1ccc2c(c1)c1ccccc1n2-c1ccc2c(c1)oc1c3ccc(-n4c5ccccc5c5ccccc54)cc3sc21. The van der Waals surface area contributed by atoms with Gasteiger partial charge < -0.3 is 13.6 Å². The van der Waals surface area contributed by atoms with Crippen LogP contribution in [0.2, 0.25) is 0 Å². The lowest BCUT2D eigenvalue weighted by molar-refractivity contribution is 0.673. The third-order valence-corrected chi connectivity index (χ3v) is 9.89. The zero-order valence-corrected chi connectivity index (χ0v) is 23.2. The van der Waals surface area contributed by atoms with Crippen LogP contribution in [0.15, 0.2) is 138 Å². The van der Waals surface area contributed by atoms with Crippen LogP contribution >= 0.6 is 11.3 Å². The first-order chi connectivity index (χ1) is 20.8. The van der Waals surface area contributed by atoms with E-state index < -0.39 is 0 Å². The van der Waals surface area contributed by atoms with Gasteiger partial charge >= 0.3 is 0 Å². The molecule has 196 valence electrons. The van der Waals surface area contributed by atoms with E-state index in [0.717, 1.165) is 27.6 Å². The Kier molecular flexibility index (Phi) is 4.33. The van der Waals surface area contributed by atoms with Crippen LogP contribution in [-0.4, -0.2) is 9.13 Å². The van der Waals surface area contributed by atoms with Crippen LogP contribution in [0.5, 0.6) is 0 Å². The van der Waals surface area contributed by atoms with Gasteiger partial charge in [0, 0.05) is 54.5 Å². The normalized spacial score (nSPS) is 12.3. The van der Waals surface area contributed by atoms with Gasteiger partial charge in [0.25, 0.3) is 0 Å². The average Bonchev–Trinajstić information content (AvgIpc) is 3.77. The first-order valence-corrected chi connectivity index (χ1v) is 15.0. The van der Waals surface area contributed by atoms with Crippen molar-refractivity contribution in [1.29, 1.82) is 0 Å². The van der Waals surface area contributed by atoms with E-state index in [0.29, 0.717) is 0 Å². The lowest BCUT2D eigenvalue weighted by Crippen LogP contribution is -1.93. The van der Waals surface area contributed by atoms with Crippen molar-refractivity contribution in [3.8, 4) is 11.4 Å². The van der Waals surface area contributed by atoms with Crippen LogP contribution in [-0.2, 0) is 0 Å². The van der Waals surface area contributed by atoms with Crippen LogP contribution in [0, 0.1) is 0 Å². The Morgan fingerprint density at radius 3 is 1.40 bits per heavy atom. The molecule has 0 spiro atoms. The predicted octanol–water partition coefficient (Wildman–Crippen LogP) is 11.0. The highest BCUT2D eigenvalue weighted by Gasteiger charge is 2.18. The van der Waals surface area contributed by atoms with Crippen LogP contribution in [0.4, 0.5) is 0 Å². The van der Waals surface area contributed by atoms with Crippen LogP contribution in [0.3, 0.4) is 0 Å². The summed E-state index contributed by atoms with van der Waals surface area (Å²) in [5.41, 5.74) is 9.02. The van der Waals surface area contributed by atoms with E-state index in [4.69, 9.17) is 4.42 Å². The molecule has 4 heterocycles. The number of thiophene rings is 1. The van der Waals surface area contributed by atoms with Crippen molar-refractivity contribution in [3.63, 3.8) is 0 Å². The molecule has 0 aliphatic rings. The molecule has 0 radical (unpaired) electrons. The number of hydrogen-bond donors (Lipinski definition) is 0. The summed E-state index contributed by atoms with van der Waals surface area (Å²) in [7, 11) is 0. The molecule has 0 aliphatic heterocycles. The number of aromatic nitrogens is 2. The van der Waals surface area contributed by atoms with Gasteiger partial charge in [-0.1, -0.05) is 72.8 Å². The number of fused-ring (bicyclic) bond motifs is 11. The van der Waals surface area contributed by atoms with Gasteiger partial charge in [0.1, 0.15) is 5.58 Å². The van der Waals surface area contributed by atoms with Gasteiger partial charge in [-0.05, 0) is 54.6 Å². The lowest BCUT2D eigenvalue weighted by Gasteiger charge is -2.08. The first kappa shape index (κ1) is 22.4. The highest BCUT2D eigenvalue weighted by Crippen LogP contribution is 2.43. The summed E-state index contributed by atoms with van der Waals surface area (Å²) in [6, 6.07) is 48.0. The Hall–Kier alpha value is -5.32. The van der Waals surface area contributed by atoms with Gasteiger partial charge in [-0.15, -0.1) is 11.3 Å². The lowest BCUT2D eigenvalue weighted by atomic mass is 10.2. The third-order valence-electron chi connectivity index (χ3n) is 8.73. The molecule has 0 fully saturated rings. The molecule has 3 nitrogen and oxygen atoms in total. The van der Waals surface area contributed by atoms with Crippen LogP contribution in [0.25, 0.3) is 86.3 Å². The van der Waals surface area contributed by atoms with E-state index in [1.807, 2.05) is 11.3 Å². The topological polar surface area (TPSA) is 23.0 Å². The largest absolute Gasteiger partial charge is 0.454 e. The Morgan fingerprint density at radius 2 is 0.881 bits per heavy atom. The number of rotatable bonds is 2. The highest BCUT2D eigenvalue weighted by molar-refractivity contribution is 7.26. The molecule has 4 heteroatoms. The predicted molar refractivity (Wildman–Crippen MR) is 178 cm³/mol. The maximum atomic E-state index is 6.63. The first-order valence-electron chi connectivity index (χ1n) is 14.2. The van der Waals surface area contributed by atoms with Gasteiger partial charge in [0.2, 0.25) is 0 Å². The second kappa shape index (κ2) is 8.12. The van der Waals surface area contributed by atoms with Gasteiger partial charge in [-0.3, -0.25) is 0 Å². The molecule has 0 atom stereocenters. The van der Waals surface area contributed by atoms with E-state index in [-0.39, 0.29) is 0 Å². The molecule has 0 aliphatic carbocycles. The molecule has 0 unspecified atom stereocenters. The fraction of sp³-hybridized carbons (Fsp3) is 0. The van der Waals surface area contributed by atoms with E-state index in [9.17, 15) is 0 Å². The summed E-state index contributed by atoms with van der Waals surface area (Å²) >= 11 is 1.81. The summed E-state index contributed by atoms with van der Waals surface area (Å²) in [4.78, 5) is 0. The monoisotopic (exact) mass is 554 g/mol. The van der Waals surface area contributed by atoms with Crippen molar-refractivity contribution in [2.45, 2.75) is 0 Å². The number of furan rings is 1. The van der Waals surface area contributed by atoms with E-state index >= 15 is 0 Å². The van der Waals surface area contributed by atoms with Gasteiger partial charge in [0.05, 0.1) is 26.8 Å². The van der Waals surface area contributed by atoms with Gasteiger partial charge in [-0.2, -0.15) is 0 Å². The molecule has 4 aromatic heterocycles. The summed E-state index contributed by atoms with van der Waals surface area (Å²) < 4.78 is 13.8. The minimum atomic E-state index is 0.920. The molecule has 6 aromatic carbocycles. The highest BCUT2D eigenvalue weighted by atomic mass is 32.1. The maximum Gasteiger partial charge on any atom is 0.154 e. The summed E-state index contributed by atoms with van der Waals surface area (Å²) in [5, 5.41) is 7.40. The quantitative estimate of drug-likeness (QED) is 0.208. The Bertz CT molecular complexity index is 2400. The van der Waals surface area contributed by atoms with Crippen molar-refractivity contribution in [2.24, 2.45) is 0 Å². The van der Waals surface area contributed by atoms with Crippen molar-refractivity contribution in [1.82, 2.24) is 9.13 Å². The summed E-state index contributed by atoms with van der Waals surface area (Å²) in [6.45, 7) is 0. The Labute approximate surface area is 244 Å². The second-order valence-corrected chi connectivity index (χ2v) is 12.0.